The molecule has 1 aliphatic heterocycles. The standard InChI is InChI=1S/C12H9ClN2O7/c13-7-1-2-8(9(5-7)15(19)20)11(17)22-6-10(16)14-3-4-21-12(14)18/h1-2,5H,3-4,6H2. The van der Waals surface area contributed by atoms with E-state index >= 15 is 0 Å². The highest BCUT2D eigenvalue weighted by atomic mass is 35.5. The quantitative estimate of drug-likeness (QED) is 0.465. The Labute approximate surface area is 128 Å². The molecule has 1 aromatic rings. The Balaban J connectivity index is 2.05. The van der Waals surface area contributed by atoms with E-state index in [1.165, 1.54) is 6.07 Å². The van der Waals surface area contributed by atoms with E-state index < -0.39 is 35.2 Å². The largest absolute Gasteiger partial charge is 0.452 e. The van der Waals surface area contributed by atoms with Crippen molar-refractivity contribution in [3.8, 4) is 0 Å². The van der Waals surface area contributed by atoms with Gasteiger partial charge in [0.05, 0.1) is 11.5 Å². The van der Waals surface area contributed by atoms with Crippen molar-refractivity contribution >= 4 is 35.3 Å². The summed E-state index contributed by atoms with van der Waals surface area (Å²) in [6.45, 7) is -0.592. The summed E-state index contributed by atoms with van der Waals surface area (Å²) >= 11 is 5.63. The van der Waals surface area contributed by atoms with E-state index in [1.54, 1.807) is 0 Å². The monoisotopic (exact) mass is 328 g/mol. The number of hydrogen-bond donors (Lipinski definition) is 0. The van der Waals surface area contributed by atoms with Gasteiger partial charge in [-0.3, -0.25) is 14.9 Å². The summed E-state index contributed by atoms with van der Waals surface area (Å²) in [5.74, 6) is -1.84. The Hall–Kier alpha value is -2.68. The second kappa shape index (κ2) is 6.39. The molecule has 0 bridgehead atoms. The molecule has 1 fully saturated rings. The molecule has 1 aromatic carbocycles. The van der Waals surface area contributed by atoms with Crippen LogP contribution < -0.4 is 0 Å². The molecular weight excluding hydrogens is 320 g/mol. The highest BCUT2D eigenvalue weighted by Crippen LogP contribution is 2.23. The minimum atomic E-state index is -1.07. The number of nitro benzene ring substituents is 1. The van der Waals surface area contributed by atoms with Gasteiger partial charge in [0.1, 0.15) is 12.2 Å². The summed E-state index contributed by atoms with van der Waals surface area (Å²) < 4.78 is 9.26. The van der Waals surface area contributed by atoms with Crippen LogP contribution in [0.5, 0.6) is 0 Å². The molecule has 22 heavy (non-hydrogen) atoms. The minimum absolute atomic E-state index is 0.0658. The summed E-state index contributed by atoms with van der Waals surface area (Å²) in [6, 6.07) is 3.40. The third-order valence-corrected chi connectivity index (χ3v) is 3.00. The van der Waals surface area contributed by atoms with Gasteiger partial charge in [-0.1, -0.05) is 11.6 Å². The van der Waals surface area contributed by atoms with E-state index in [9.17, 15) is 24.5 Å². The molecule has 0 unspecified atom stereocenters. The van der Waals surface area contributed by atoms with Crippen LogP contribution in [0.25, 0.3) is 0 Å². The molecule has 9 nitrogen and oxygen atoms in total. The van der Waals surface area contributed by atoms with Crippen molar-refractivity contribution in [2.75, 3.05) is 19.8 Å². The number of nitro groups is 1. The summed E-state index contributed by atoms with van der Waals surface area (Å²) in [6.07, 6.45) is -0.821. The van der Waals surface area contributed by atoms with Crippen LogP contribution in [0.15, 0.2) is 18.2 Å². The van der Waals surface area contributed by atoms with Gasteiger partial charge in [0, 0.05) is 11.1 Å². The molecule has 0 atom stereocenters. The molecule has 0 aliphatic carbocycles. The van der Waals surface area contributed by atoms with Crippen LogP contribution in [-0.2, 0) is 14.3 Å². The van der Waals surface area contributed by atoms with Crippen LogP contribution >= 0.6 is 11.6 Å². The molecule has 0 aromatic heterocycles. The fourth-order valence-corrected chi connectivity index (χ4v) is 1.90. The van der Waals surface area contributed by atoms with Gasteiger partial charge in [-0.15, -0.1) is 0 Å². The van der Waals surface area contributed by atoms with E-state index in [-0.39, 0.29) is 23.7 Å². The summed E-state index contributed by atoms with van der Waals surface area (Å²) in [7, 11) is 0. The SMILES string of the molecule is O=C(OCC(=O)N1CCOC1=O)c1ccc(Cl)cc1[N+](=O)[O-]. The fourth-order valence-electron chi connectivity index (χ4n) is 1.73. The predicted molar refractivity (Wildman–Crippen MR) is 71.4 cm³/mol. The lowest BCUT2D eigenvalue weighted by Crippen LogP contribution is -2.35. The molecule has 2 amide bonds. The van der Waals surface area contributed by atoms with Crippen molar-refractivity contribution in [2.24, 2.45) is 0 Å². The number of amides is 2. The molecule has 1 aliphatic rings. The van der Waals surface area contributed by atoms with Crippen LogP contribution in [0.1, 0.15) is 10.4 Å². The van der Waals surface area contributed by atoms with Gasteiger partial charge >= 0.3 is 12.1 Å². The normalized spacial score (nSPS) is 13.7. The third-order valence-electron chi connectivity index (χ3n) is 2.76. The average Bonchev–Trinajstić information content (AvgIpc) is 2.90. The van der Waals surface area contributed by atoms with E-state index in [0.29, 0.717) is 0 Å². The van der Waals surface area contributed by atoms with E-state index in [1.807, 2.05) is 0 Å². The molecule has 0 radical (unpaired) electrons. The Morgan fingerprint density at radius 3 is 2.77 bits per heavy atom. The van der Waals surface area contributed by atoms with Gasteiger partial charge in [-0.2, -0.15) is 0 Å². The number of halogens is 1. The maximum absolute atomic E-state index is 11.8. The Kier molecular flexibility index (Phi) is 4.56. The lowest BCUT2D eigenvalue weighted by Gasteiger charge is -2.10. The second-order valence-electron chi connectivity index (χ2n) is 4.15. The zero-order valence-corrected chi connectivity index (χ0v) is 11.7. The highest BCUT2D eigenvalue weighted by molar-refractivity contribution is 6.31. The topological polar surface area (TPSA) is 116 Å². The number of hydrogen-bond acceptors (Lipinski definition) is 7. The molecule has 2 rings (SSSR count). The zero-order valence-electron chi connectivity index (χ0n) is 11.0. The van der Waals surface area contributed by atoms with Gasteiger partial charge in [0.2, 0.25) is 0 Å². The van der Waals surface area contributed by atoms with Gasteiger partial charge < -0.3 is 9.47 Å². The number of carbonyl (C=O) groups is 3. The van der Waals surface area contributed by atoms with Gasteiger partial charge in [-0.05, 0) is 12.1 Å². The third kappa shape index (κ3) is 3.31. The van der Waals surface area contributed by atoms with Crippen LogP contribution in [0, 0.1) is 10.1 Å². The van der Waals surface area contributed by atoms with E-state index in [0.717, 1.165) is 17.0 Å². The number of nitrogens with zero attached hydrogens (tertiary/aromatic N) is 2. The number of rotatable bonds is 4. The van der Waals surface area contributed by atoms with Crippen molar-refractivity contribution < 1.29 is 28.8 Å². The number of cyclic esters (lactones) is 1. The molecule has 0 spiro atoms. The first-order valence-electron chi connectivity index (χ1n) is 5.98. The number of imide groups is 1. The first-order chi connectivity index (χ1) is 10.4. The molecule has 10 heteroatoms. The number of esters is 1. The fraction of sp³-hybridized carbons (Fsp3) is 0.250. The van der Waals surface area contributed by atoms with Crippen molar-refractivity contribution in [3.05, 3.63) is 38.9 Å². The van der Waals surface area contributed by atoms with Crippen molar-refractivity contribution in [1.82, 2.24) is 4.90 Å². The van der Waals surface area contributed by atoms with Gasteiger partial charge in [-0.25, -0.2) is 14.5 Å². The first kappa shape index (κ1) is 15.7. The minimum Gasteiger partial charge on any atom is -0.452 e. The lowest BCUT2D eigenvalue weighted by molar-refractivity contribution is -0.385. The summed E-state index contributed by atoms with van der Waals surface area (Å²) in [4.78, 5) is 45.5. The number of benzene rings is 1. The second-order valence-corrected chi connectivity index (χ2v) is 4.59. The molecule has 1 heterocycles. The van der Waals surface area contributed by atoms with Crippen molar-refractivity contribution in [3.63, 3.8) is 0 Å². The molecular formula is C12H9ClN2O7. The number of carbonyl (C=O) groups excluding carboxylic acids is 3. The van der Waals surface area contributed by atoms with Crippen LogP contribution in [0.4, 0.5) is 10.5 Å². The molecule has 1 saturated heterocycles. The highest BCUT2D eigenvalue weighted by Gasteiger charge is 2.30. The number of ether oxygens (including phenoxy) is 2. The molecule has 0 saturated carbocycles. The average molecular weight is 329 g/mol. The summed E-state index contributed by atoms with van der Waals surface area (Å²) in [5.41, 5.74) is -0.878. The molecule has 116 valence electrons. The van der Waals surface area contributed by atoms with Gasteiger partial charge in [0.25, 0.3) is 11.6 Å². The predicted octanol–water partition coefficient (Wildman–Crippen LogP) is 1.38. The van der Waals surface area contributed by atoms with E-state index in [2.05, 4.69) is 4.74 Å². The smallest absolute Gasteiger partial charge is 0.416 e. The lowest BCUT2D eigenvalue weighted by atomic mass is 10.2. The first-order valence-corrected chi connectivity index (χ1v) is 6.36. The Morgan fingerprint density at radius 1 is 1.45 bits per heavy atom. The molecule has 0 N–H and O–H groups in total. The Morgan fingerprint density at radius 2 is 2.18 bits per heavy atom. The van der Waals surface area contributed by atoms with Crippen LogP contribution in [0.2, 0.25) is 5.02 Å². The zero-order chi connectivity index (χ0) is 16.3. The van der Waals surface area contributed by atoms with Crippen molar-refractivity contribution in [2.45, 2.75) is 0 Å². The maximum atomic E-state index is 11.8. The summed E-state index contributed by atoms with van der Waals surface area (Å²) in [5, 5.41) is 11.0. The maximum Gasteiger partial charge on any atom is 0.416 e. The van der Waals surface area contributed by atoms with Gasteiger partial charge in [0.15, 0.2) is 6.61 Å². The van der Waals surface area contributed by atoms with Crippen LogP contribution in [0.3, 0.4) is 0 Å². The van der Waals surface area contributed by atoms with E-state index in [4.69, 9.17) is 16.3 Å². The Bertz CT molecular complexity index is 661. The van der Waals surface area contributed by atoms with Crippen LogP contribution in [-0.4, -0.2) is 47.6 Å². The van der Waals surface area contributed by atoms with Crippen molar-refractivity contribution in [1.29, 1.82) is 0 Å².